The molecule has 4 rings (SSSR count). The van der Waals surface area contributed by atoms with Gasteiger partial charge in [0.25, 0.3) is 0 Å². The van der Waals surface area contributed by atoms with E-state index < -0.39 is 0 Å². The van der Waals surface area contributed by atoms with Crippen LogP contribution in [0.4, 0.5) is 11.6 Å². The predicted octanol–water partition coefficient (Wildman–Crippen LogP) is 2.65. The second-order valence-corrected chi connectivity index (χ2v) is 9.07. The molecule has 0 bridgehead atoms. The summed E-state index contributed by atoms with van der Waals surface area (Å²) in [6.45, 7) is 5.84. The fourth-order valence-electron chi connectivity index (χ4n) is 4.34. The maximum atomic E-state index is 12.8. The highest BCUT2D eigenvalue weighted by Crippen LogP contribution is 2.26. The molecule has 0 saturated carbocycles. The van der Waals surface area contributed by atoms with Crippen LogP contribution in [0.15, 0.2) is 12.4 Å². The fraction of sp³-hybridized carbons (Fsp3) is 0.750. The number of nitrogens with zero attached hydrogens (tertiary/aromatic N) is 5. The number of aromatic nitrogens is 2. The number of anilines is 2. The molecule has 6 nitrogen and oxygen atoms in total. The Kier molecular flexibility index (Phi) is 6.37. The molecule has 0 atom stereocenters. The number of hydrogen-bond acceptors (Lipinski definition) is 6. The first-order valence-electron chi connectivity index (χ1n) is 10.5. The minimum Gasteiger partial charge on any atom is -0.369 e. The van der Waals surface area contributed by atoms with Crippen molar-refractivity contribution in [2.45, 2.75) is 38.5 Å². The van der Waals surface area contributed by atoms with Gasteiger partial charge in [-0.2, -0.15) is 11.8 Å². The van der Waals surface area contributed by atoms with Gasteiger partial charge in [-0.3, -0.25) is 4.79 Å². The summed E-state index contributed by atoms with van der Waals surface area (Å²) in [6, 6.07) is 0. The minimum absolute atomic E-state index is 0.199. The molecule has 1 aromatic rings. The largest absolute Gasteiger partial charge is 0.369 e. The number of thioether (sulfide) groups is 1. The molecule has 1 aromatic heterocycles. The first kappa shape index (κ1) is 18.8. The lowest BCUT2D eigenvalue weighted by molar-refractivity contribution is -0.136. The molecular formula is C20H31N5OS. The molecule has 0 unspecified atom stereocenters. The van der Waals surface area contributed by atoms with Crippen molar-refractivity contribution in [1.29, 1.82) is 0 Å². The van der Waals surface area contributed by atoms with Crippen LogP contribution in [0.2, 0.25) is 0 Å². The van der Waals surface area contributed by atoms with Crippen LogP contribution in [0.1, 0.15) is 38.5 Å². The number of hydrogen-bond donors (Lipinski definition) is 0. The minimum atomic E-state index is 0.199. The number of rotatable bonds is 3. The Morgan fingerprint density at radius 2 is 1.48 bits per heavy atom. The third kappa shape index (κ3) is 4.68. The van der Waals surface area contributed by atoms with E-state index >= 15 is 0 Å². The lowest BCUT2D eigenvalue weighted by atomic mass is 9.95. The van der Waals surface area contributed by atoms with E-state index in [0.29, 0.717) is 5.91 Å². The molecule has 0 aliphatic carbocycles. The molecule has 3 aliphatic heterocycles. The van der Waals surface area contributed by atoms with Gasteiger partial charge in [0, 0.05) is 56.7 Å². The maximum absolute atomic E-state index is 12.8. The van der Waals surface area contributed by atoms with Crippen LogP contribution in [0, 0.1) is 5.92 Å². The first-order valence-corrected chi connectivity index (χ1v) is 11.7. The van der Waals surface area contributed by atoms with Crippen molar-refractivity contribution in [3.8, 4) is 0 Å². The molecule has 1 amide bonds. The van der Waals surface area contributed by atoms with Crippen LogP contribution < -0.4 is 9.80 Å². The average molecular weight is 390 g/mol. The van der Waals surface area contributed by atoms with Crippen LogP contribution in [-0.4, -0.2) is 71.5 Å². The average Bonchev–Trinajstić information content (AvgIpc) is 3.04. The monoisotopic (exact) mass is 389 g/mol. The van der Waals surface area contributed by atoms with Crippen LogP contribution in [-0.2, 0) is 4.79 Å². The van der Waals surface area contributed by atoms with Crippen molar-refractivity contribution < 1.29 is 4.79 Å². The van der Waals surface area contributed by atoms with Gasteiger partial charge in [-0.25, -0.2) is 9.97 Å². The van der Waals surface area contributed by atoms with Crippen LogP contribution in [0.25, 0.3) is 0 Å². The summed E-state index contributed by atoms with van der Waals surface area (Å²) in [5.41, 5.74) is 1.09. The molecule has 0 radical (unpaired) electrons. The van der Waals surface area contributed by atoms with E-state index in [1.807, 2.05) is 24.2 Å². The highest BCUT2D eigenvalue weighted by molar-refractivity contribution is 7.99. The second kappa shape index (κ2) is 9.13. The maximum Gasteiger partial charge on any atom is 0.225 e. The van der Waals surface area contributed by atoms with Gasteiger partial charge in [0.2, 0.25) is 11.9 Å². The number of carbonyl (C=O) groups is 1. The topological polar surface area (TPSA) is 52.6 Å². The van der Waals surface area contributed by atoms with E-state index in [9.17, 15) is 4.79 Å². The summed E-state index contributed by atoms with van der Waals surface area (Å²) in [5.74, 6) is 3.76. The third-order valence-electron chi connectivity index (χ3n) is 6.05. The van der Waals surface area contributed by atoms with E-state index in [-0.39, 0.29) is 5.92 Å². The Bertz CT molecular complexity index is 603. The van der Waals surface area contributed by atoms with Gasteiger partial charge in [0.15, 0.2) is 0 Å². The highest BCUT2D eigenvalue weighted by Gasteiger charge is 2.29. The molecule has 148 valence electrons. The Labute approximate surface area is 166 Å². The van der Waals surface area contributed by atoms with Gasteiger partial charge in [-0.05, 0) is 25.7 Å². The normalized spacial score (nSPS) is 22.6. The Morgan fingerprint density at radius 3 is 2.11 bits per heavy atom. The van der Waals surface area contributed by atoms with E-state index in [1.165, 1.54) is 25.7 Å². The molecule has 0 N–H and O–H groups in total. The van der Waals surface area contributed by atoms with Crippen molar-refractivity contribution in [2.24, 2.45) is 5.92 Å². The van der Waals surface area contributed by atoms with Crippen molar-refractivity contribution in [3.63, 3.8) is 0 Å². The number of carbonyl (C=O) groups excluding carboxylic acids is 1. The van der Waals surface area contributed by atoms with Crippen LogP contribution in [0.3, 0.4) is 0 Å². The van der Waals surface area contributed by atoms with Gasteiger partial charge in [-0.1, -0.05) is 12.8 Å². The van der Waals surface area contributed by atoms with Gasteiger partial charge in [-0.15, -0.1) is 0 Å². The van der Waals surface area contributed by atoms with Gasteiger partial charge < -0.3 is 14.7 Å². The van der Waals surface area contributed by atoms with Crippen LogP contribution in [0.5, 0.6) is 0 Å². The second-order valence-electron chi connectivity index (χ2n) is 7.84. The summed E-state index contributed by atoms with van der Waals surface area (Å²) >= 11 is 2.00. The van der Waals surface area contributed by atoms with E-state index in [2.05, 4.69) is 24.7 Å². The number of likely N-dealkylation sites (tertiary alicyclic amines) is 1. The van der Waals surface area contributed by atoms with E-state index in [1.54, 1.807) is 0 Å². The molecule has 0 aromatic carbocycles. The first-order chi connectivity index (χ1) is 13.3. The molecule has 3 saturated heterocycles. The van der Waals surface area contributed by atoms with E-state index in [0.717, 1.165) is 75.3 Å². The molecule has 4 heterocycles. The number of amides is 1. The smallest absolute Gasteiger partial charge is 0.225 e. The zero-order valence-electron chi connectivity index (χ0n) is 16.2. The molecule has 3 aliphatic rings. The molecule has 27 heavy (non-hydrogen) atoms. The van der Waals surface area contributed by atoms with Crippen molar-refractivity contribution in [3.05, 3.63) is 12.4 Å². The third-order valence-corrected chi connectivity index (χ3v) is 6.99. The predicted molar refractivity (Wildman–Crippen MR) is 112 cm³/mol. The standard InChI is InChI=1S/C20H31N5OS/c26-19(24-7-3-1-2-4-8-24)17-5-9-23(10-6-17)18-15-21-20(22-16-18)25-11-13-27-14-12-25/h15-17H,1-14H2. The van der Waals surface area contributed by atoms with Crippen molar-refractivity contribution >= 4 is 29.3 Å². The summed E-state index contributed by atoms with van der Waals surface area (Å²) in [7, 11) is 0. The molecule has 3 fully saturated rings. The SMILES string of the molecule is O=C(C1CCN(c2cnc(N3CCSCC3)nc2)CC1)N1CCCCCC1. The lowest BCUT2D eigenvalue weighted by Crippen LogP contribution is -2.43. The van der Waals surface area contributed by atoms with Gasteiger partial charge >= 0.3 is 0 Å². The zero-order chi connectivity index (χ0) is 18.5. The summed E-state index contributed by atoms with van der Waals surface area (Å²) < 4.78 is 0. The van der Waals surface area contributed by atoms with Crippen molar-refractivity contribution in [1.82, 2.24) is 14.9 Å². The summed E-state index contributed by atoms with van der Waals surface area (Å²) in [5, 5.41) is 0. The lowest BCUT2D eigenvalue weighted by Gasteiger charge is -2.35. The quantitative estimate of drug-likeness (QED) is 0.792. The van der Waals surface area contributed by atoms with Gasteiger partial charge in [0.1, 0.15) is 0 Å². The zero-order valence-corrected chi connectivity index (χ0v) is 17.0. The fourth-order valence-corrected chi connectivity index (χ4v) is 5.24. The van der Waals surface area contributed by atoms with Crippen molar-refractivity contribution in [2.75, 3.05) is 60.6 Å². The molecule has 0 spiro atoms. The molecular weight excluding hydrogens is 358 g/mol. The highest BCUT2D eigenvalue weighted by atomic mass is 32.2. The summed E-state index contributed by atoms with van der Waals surface area (Å²) in [4.78, 5) is 28.8. The Morgan fingerprint density at radius 1 is 0.852 bits per heavy atom. The Balaban J connectivity index is 1.30. The van der Waals surface area contributed by atoms with Crippen LogP contribution >= 0.6 is 11.8 Å². The van der Waals surface area contributed by atoms with Gasteiger partial charge in [0.05, 0.1) is 18.1 Å². The number of piperidine rings is 1. The summed E-state index contributed by atoms with van der Waals surface area (Å²) in [6.07, 6.45) is 10.7. The molecule has 7 heteroatoms. The Hall–Kier alpha value is -1.50. The van der Waals surface area contributed by atoms with E-state index in [4.69, 9.17) is 0 Å².